The molecule has 0 radical (unpaired) electrons. The van der Waals surface area contributed by atoms with E-state index in [9.17, 15) is 0 Å². The van der Waals surface area contributed by atoms with Gasteiger partial charge in [0.1, 0.15) is 0 Å². The molecule has 27 heavy (non-hydrogen) atoms. The summed E-state index contributed by atoms with van der Waals surface area (Å²) in [6.07, 6.45) is 3.53. The second-order valence-corrected chi connectivity index (χ2v) is 7.73. The summed E-state index contributed by atoms with van der Waals surface area (Å²) in [5, 5.41) is 4.14. The number of benzene rings is 3. The summed E-state index contributed by atoms with van der Waals surface area (Å²) in [7, 11) is 0. The van der Waals surface area contributed by atoms with E-state index in [-0.39, 0.29) is 0 Å². The first-order chi connectivity index (χ1) is 13.3. The molecule has 1 aliphatic rings. The van der Waals surface area contributed by atoms with E-state index in [1.807, 2.05) is 0 Å². The standard InChI is InChI=1S/C25H26N2/c1-2-8-24-25-22(21-13-5-6-14-23(21)26-25)15-16-27(24)17-19-11-7-10-18-9-3-4-12-20(18)19/h3-7,9-14,24,26H,2,8,15-17H2,1H3/t24-/m1/s1. The number of rotatable bonds is 4. The van der Waals surface area contributed by atoms with Gasteiger partial charge in [0.05, 0.1) is 6.04 Å². The molecule has 0 bridgehead atoms. The van der Waals surface area contributed by atoms with Crippen molar-refractivity contribution in [3.63, 3.8) is 0 Å². The van der Waals surface area contributed by atoms with Crippen molar-refractivity contribution in [2.45, 2.75) is 38.8 Å². The van der Waals surface area contributed by atoms with Crippen LogP contribution in [0.2, 0.25) is 0 Å². The summed E-state index contributed by atoms with van der Waals surface area (Å²) >= 11 is 0. The van der Waals surface area contributed by atoms with Gasteiger partial charge in [-0.3, -0.25) is 4.90 Å². The number of aromatic nitrogens is 1. The van der Waals surface area contributed by atoms with Gasteiger partial charge in [0, 0.05) is 29.7 Å². The zero-order valence-electron chi connectivity index (χ0n) is 15.9. The number of H-pyrrole nitrogens is 1. The lowest BCUT2D eigenvalue weighted by molar-refractivity contribution is 0.164. The van der Waals surface area contributed by atoms with Crippen LogP contribution in [-0.2, 0) is 13.0 Å². The molecule has 0 saturated heterocycles. The number of hydrogen-bond acceptors (Lipinski definition) is 1. The van der Waals surface area contributed by atoms with Crippen LogP contribution < -0.4 is 0 Å². The Kier molecular flexibility index (Phi) is 4.21. The van der Waals surface area contributed by atoms with Gasteiger partial charge < -0.3 is 4.98 Å². The smallest absolute Gasteiger partial charge is 0.0505 e. The van der Waals surface area contributed by atoms with Crippen molar-refractivity contribution in [2.24, 2.45) is 0 Å². The topological polar surface area (TPSA) is 19.0 Å². The van der Waals surface area contributed by atoms with Crippen molar-refractivity contribution in [2.75, 3.05) is 6.54 Å². The lowest BCUT2D eigenvalue weighted by Crippen LogP contribution is -2.35. The minimum Gasteiger partial charge on any atom is -0.357 e. The van der Waals surface area contributed by atoms with E-state index in [0.29, 0.717) is 6.04 Å². The van der Waals surface area contributed by atoms with Gasteiger partial charge in [-0.2, -0.15) is 0 Å². The molecule has 1 aromatic heterocycles. The van der Waals surface area contributed by atoms with Crippen LogP contribution in [0.5, 0.6) is 0 Å². The van der Waals surface area contributed by atoms with E-state index in [0.717, 1.165) is 19.5 Å². The monoisotopic (exact) mass is 354 g/mol. The molecule has 0 unspecified atom stereocenters. The third-order valence-electron chi connectivity index (χ3n) is 6.09. The molecule has 0 aliphatic carbocycles. The van der Waals surface area contributed by atoms with Gasteiger partial charge in [0.25, 0.3) is 0 Å². The number of aromatic amines is 1. The molecule has 136 valence electrons. The predicted molar refractivity (Wildman–Crippen MR) is 114 cm³/mol. The van der Waals surface area contributed by atoms with E-state index in [2.05, 4.69) is 83.5 Å². The highest BCUT2D eigenvalue weighted by molar-refractivity contribution is 5.86. The Morgan fingerprint density at radius 3 is 2.59 bits per heavy atom. The molecule has 5 rings (SSSR count). The number of fused-ring (bicyclic) bond motifs is 4. The molecular formula is C25H26N2. The van der Waals surface area contributed by atoms with Crippen LogP contribution in [0, 0.1) is 0 Å². The fourth-order valence-corrected chi connectivity index (χ4v) is 4.81. The van der Waals surface area contributed by atoms with E-state index in [4.69, 9.17) is 0 Å². The second-order valence-electron chi connectivity index (χ2n) is 7.73. The Morgan fingerprint density at radius 1 is 0.926 bits per heavy atom. The molecule has 4 aromatic rings. The van der Waals surface area contributed by atoms with Crippen LogP contribution in [-0.4, -0.2) is 16.4 Å². The number of nitrogens with one attached hydrogen (secondary N) is 1. The van der Waals surface area contributed by atoms with E-state index in [1.54, 1.807) is 5.56 Å². The van der Waals surface area contributed by atoms with Crippen molar-refractivity contribution >= 4 is 21.7 Å². The maximum atomic E-state index is 3.76. The van der Waals surface area contributed by atoms with E-state index < -0.39 is 0 Å². The maximum absolute atomic E-state index is 3.76. The molecule has 1 aliphatic heterocycles. The molecule has 2 heteroatoms. The normalized spacial score (nSPS) is 17.4. The molecule has 0 fully saturated rings. The molecule has 2 heterocycles. The first-order valence-corrected chi connectivity index (χ1v) is 10.2. The Bertz CT molecular complexity index is 1090. The van der Waals surface area contributed by atoms with Gasteiger partial charge in [-0.15, -0.1) is 0 Å². The minimum absolute atomic E-state index is 0.477. The van der Waals surface area contributed by atoms with Crippen molar-refractivity contribution in [1.82, 2.24) is 9.88 Å². The van der Waals surface area contributed by atoms with Gasteiger partial charge in [-0.05, 0) is 40.8 Å². The summed E-state index contributed by atoms with van der Waals surface area (Å²) in [6, 6.07) is 24.7. The third-order valence-corrected chi connectivity index (χ3v) is 6.09. The molecule has 3 aromatic carbocycles. The van der Waals surface area contributed by atoms with Crippen LogP contribution in [0.4, 0.5) is 0 Å². The number of hydrogen-bond donors (Lipinski definition) is 1. The SMILES string of the molecule is CCC[C@@H]1c2[nH]c3ccccc3c2CCN1Cc1cccc2ccccc12. The highest BCUT2D eigenvalue weighted by Crippen LogP contribution is 2.38. The van der Waals surface area contributed by atoms with Crippen molar-refractivity contribution in [1.29, 1.82) is 0 Å². The predicted octanol–water partition coefficient (Wildman–Crippen LogP) is 6.22. The Hall–Kier alpha value is -2.58. The van der Waals surface area contributed by atoms with E-state index >= 15 is 0 Å². The second kappa shape index (κ2) is 6.86. The lowest BCUT2D eigenvalue weighted by atomic mass is 9.93. The summed E-state index contributed by atoms with van der Waals surface area (Å²) in [5.41, 5.74) is 5.71. The van der Waals surface area contributed by atoms with Gasteiger partial charge in [0.2, 0.25) is 0 Å². The molecule has 0 saturated carbocycles. The highest BCUT2D eigenvalue weighted by atomic mass is 15.2. The zero-order valence-corrected chi connectivity index (χ0v) is 15.9. The molecule has 1 atom stereocenters. The zero-order chi connectivity index (χ0) is 18.2. The third kappa shape index (κ3) is 2.85. The van der Waals surface area contributed by atoms with Crippen LogP contribution in [0.1, 0.15) is 42.6 Å². The van der Waals surface area contributed by atoms with Gasteiger partial charge in [0.15, 0.2) is 0 Å². The maximum Gasteiger partial charge on any atom is 0.0505 e. The van der Waals surface area contributed by atoms with Gasteiger partial charge in [-0.25, -0.2) is 0 Å². The van der Waals surface area contributed by atoms with Crippen LogP contribution in [0.3, 0.4) is 0 Å². The van der Waals surface area contributed by atoms with E-state index in [1.165, 1.54) is 45.8 Å². The average molecular weight is 354 g/mol. The Labute approximate surface area is 160 Å². The Morgan fingerprint density at radius 2 is 1.70 bits per heavy atom. The molecule has 0 amide bonds. The number of para-hydroxylation sites is 1. The van der Waals surface area contributed by atoms with Gasteiger partial charge in [-0.1, -0.05) is 74.0 Å². The molecular weight excluding hydrogens is 328 g/mol. The van der Waals surface area contributed by atoms with Crippen LogP contribution in [0.25, 0.3) is 21.7 Å². The highest BCUT2D eigenvalue weighted by Gasteiger charge is 2.29. The molecule has 2 nitrogen and oxygen atoms in total. The van der Waals surface area contributed by atoms with Crippen LogP contribution in [0.15, 0.2) is 66.7 Å². The van der Waals surface area contributed by atoms with Crippen LogP contribution >= 0.6 is 0 Å². The summed E-state index contributed by atoms with van der Waals surface area (Å²) in [6.45, 7) is 4.44. The van der Waals surface area contributed by atoms with Crippen molar-refractivity contribution in [3.05, 3.63) is 83.6 Å². The largest absolute Gasteiger partial charge is 0.357 e. The Balaban J connectivity index is 1.54. The van der Waals surface area contributed by atoms with Crippen molar-refractivity contribution < 1.29 is 0 Å². The summed E-state index contributed by atoms with van der Waals surface area (Å²) in [4.78, 5) is 6.45. The van der Waals surface area contributed by atoms with Gasteiger partial charge >= 0.3 is 0 Å². The summed E-state index contributed by atoms with van der Waals surface area (Å²) < 4.78 is 0. The first-order valence-electron chi connectivity index (χ1n) is 10.2. The number of nitrogens with zero attached hydrogens (tertiary/aromatic N) is 1. The first kappa shape index (κ1) is 16.6. The fraction of sp³-hybridized carbons (Fsp3) is 0.280. The average Bonchev–Trinajstić information content (AvgIpc) is 3.09. The minimum atomic E-state index is 0.477. The summed E-state index contributed by atoms with van der Waals surface area (Å²) in [5.74, 6) is 0. The molecule has 1 N–H and O–H groups in total. The lowest BCUT2D eigenvalue weighted by Gasteiger charge is -2.36. The van der Waals surface area contributed by atoms with Crippen molar-refractivity contribution in [3.8, 4) is 0 Å². The molecule has 0 spiro atoms. The fourth-order valence-electron chi connectivity index (χ4n) is 4.81. The quantitative estimate of drug-likeness (QED) is 0.461.